The van der Waals surface area contributed by atoms with Gasteiger partial charge in [-0.2, -0.15) is 0 Å². The summed E-state index contributed by atoms with van der Waals surface area (Å²) in [4.78, 5) is 32.7. The standard InChI is InChI=1S/C11H16N2O3S/c1-3-4-11(16)17-8-7-13-10(15)5-6-12-9(2)14/h5-8H2,1-2H3,(H,12,14)(H,13,15). The van der Waals surface area contributed by atoms with Gasteiger partial charge >= 0.3 is 0 Å². The van der Waals surface area contributed by atoms with Gasteiger partial charge in [0.05, 0.1) is 0 Å². The van der Waals surface area contributed by atoms with Gasteiger partial charge in [-0.3, -0.25) is 14.4 Å². The van der Waals surface area contributed by atoms with Crippen LogP contribution in [0.1, 0.15) is 20.3 Å². The number of hydrogen-bond donors (Lipinski definition) is 2. The Morgan fingerprint density at radius 2 is 1.88 bits per heavy atom. The van der Waals surface area contributed by atoms with Gasteiger partial charge in [-0.25, -0.2) is 0 Å². The number of rotatable bonds is 6. The first-order valence-electron chi connectivity index (χ1n) is 5.17. The highest BCUT2D eigenvalue weighted by Crippen LogP contribution is 1.98. The Labute approximate surface area is 105 Å². The van der Waals surface area contributed by atoms with Gasteiger partial charge in [-0.05, 0) is 12.8 Å². The van der Waals surface area contributed by atoms with Gasteiger partial charge in [0.25, 0.3) is 5.12 Å². The zero-order valence-corrected chi connectivity index (χ0v) is 10.8. The fourth-order valence-electron chi connectivity index (χ4n) is 0.913. The topological polar surface area (TPSA) is 75.3 Å². The van der Waals surface area contributed by atoms with E-state index in [1.165, 1.54) is 6.92 Å². The Kier molecular flexibility index (Phi) is 8.88. The molecular weight excluding hydrogens is 240 g/mol. The van der Waals surface area contributed by atoms with E-state index in [0.717, 1.165) is 11.8 Å². The third-order valence-electron chi connectivity index (χ3n) is 1.61. The van der Waals surface area contributed by atoms with Gasteiger partial charge in [0.2, 0.25) is 11.8 Å². The molecule has 0 aliphatic rings. The molecule has 0 spiro atoms. The molecule has 6 heteroatoms. The van der Waals surface area contributed by atoms with Gasteiger partial charge in [-0.15, -0.1) is 0 Å². The van der Waals surface area contributed by atoms with Crippen LogP contribution in [-0.2, 0) is 14.4 Å². The third kappa shape index (κ3) is 10.8. The molecule has 2 amide bonds. The minimum Gasteiger partial charge on any atom is -0.356 e. The quantitative estimate of drug-likeness (QED) is 0.514. The fourth-order valence-corrected chi connectivity index (χ4v) is 1.48. The van der Waals surface area contributed by atoms with Crippen LogP contribution < -0.4 is 10.6 Å². The summed E-state index contributed by atoms with van der Waals surface area (Å²) in [6, 6.07) is 0. The van der Waals surface area contributed by atoms with E-state index in [4.69, 9.17) is 0 Å². The van der Waals surface area contributed by atoms with Crippen molar-refractivity contribution in [2.24, 2.45) is 0 Å². The van der Waals surface area contributed by atoms with Crippen molar-refractivity contribution in [3.63, 3.8) is 0 Å². The molecular formula is C11H16N2O3S. The van der Waals surface area contributed by atoms with E-state index in [1.54, 1.807) is 6.92 Å². The Bertz CT molecular complexity index is 344. The largest absolute Gasteiger partial charge is 0.356 e. The van der Waals surface area contributed by atoms with E-state index >= 15 is 0 Å². The number of amides is 2. The third-order valence-corrected chi connectivity index (χ3v) is 2.38. The zero-order valence-electron chi connectivity index (χ0n) is 9.96. The predicted molar refractivity (Wildman–Crippen MR) is 67.2 cm³/mol. The lowest BCUT2D eigenvalue weighted by Crippen LogP contribution is -2.30. The molecule has 0 unspecified atom stereocenters. The van der Waals surface area contributed by atoms with Crippen molar-refractivity contribution >= 4 is 28.7 Å². The van der Waals surface area contributed by atoms with Crippen molar-refractivity contribution < 1.29 is 14.4 Å². The molecule has 17 heavy (non-hydrogen) atoms. The highest BCUT2D eigenvalue weighted by Gasteiger charge is 2.02. The van der Waals surface area contributed by atoms with Crippen molar-refractivity contribution in [1.29, 1.82) is 0 Å². The van der Waals surface area contributed by atoms with E-state index < -0.39 is 0 Å². The summed E-state index contributed by atoms with van der Waals surface area (Å²) in [6.07, 6.45) is 0.243. The van der Waals surface area contributed by atoms with E-state index in [2.05, 4.69) is 22.5 Å². The van der Waals surface area contributed by atoms with Gasteiger partial charge in [0.15, 0.2) is 0 Å². The van der Waals surface area contributed by atoms with Crippen molar-refractivity contribution in [2.75, 3.05) is 18.8 Å². The molecule has 0 bridgehead atoms. The molecule has 0 saturated heterocycles. The number of carbonyl (C=O) groups excluding carboxylic acids is 3. The fraction of sp³-hybridized carbons (Fsp3) is 0.545. The minimum atomic E-state index is -0.194. The molecule has 5 nitrogen and oxygen atoms in total. The number of nitrogens with one attached hydrogen (secondary N) is 2. The van der Waals surface area contributed by atoms with Crippen LogP contribution in [0, 0.1) is 11.8 Å². The monoisotopic (exact) mass is 256 g/mol. The molecule has 2 N–H and O–H groups in total. The van der Waals surface area contributed by atoms with E-state index in [9.17, 15) is 14.4 Å². The van der Waals surface area contributed by atoms with Crippen LogP contribution >= 0.6 is 11.8 Å². The zero-order chi connectivity index (χ0) is 13.1. The van der Waals surface area contributed by atoms with Gasteiger partial charge < -0.3 is 10.6 Å². The molecule has 0 aromatic rings. The first-order valence-corrected chi connectivity index (χ1v) is 6.15. The number of thioether (sulfide) groups is 1. The molecule has 0 aliphatic carbocycles. The molecule has 0 saturated carbocycles. The number of carbonyl (C=O) groups is 3. The van der Waals surface area contributed by atoms with E-state index in [0.29, 0.717) is 18.8 Å². The summed E-state index contributed by atoms with van der Waals surface area (Å²) in [7, 11) is 0. The lowest BCUT2D eigenvalue weighted by atomic mass is 10.4. The van der Waals surface area contributed by atoms with Gasteiger partial charge in [0.1, 0.15) is 0 Å². The van der Waals surface area contributed by atoms with Crippen molar-refractivity contribution in [2.45, 2.75) is 20.3 Å². The van der Waals surface area contributed by atoms with Crippen LogP contribution in [0.25, 0.3) is 0 Å². The molecule has 0 rings (SSSR count). The normalized spacial score (nSPS) is 8.82. The summed E-state index contributed by atoms with van der Waals surface area (Å²) < 4.78 is 0. The Morgan fingerprint density at radius 1 is 1.18 bits per heavy atom. The highest BCUT2D eigenvalue weighted by molar-refractivity contribution is 8.14. The molecule has 0 aromatic heterocycles. The second-order valence-electron chi connectivity index (χ2n) is 3.09. The maximum Gasteiger partial charge on any atom is 0.262 e. The Morgan fingerprint density at radius 3 is 2.47 bits per heavy atom. The molecule has 0 fully saturated rings. The van der Waals surface area contributed by atoms with Gasteiger partial charge in [-0.1, -0.05) is 17.7 Å². The SMILES string of the molecule is CC#CC(=O)SCCNC(=O)CCNC(C)=O. The first-order chi connectivity index (χ1) is 8.06. The maximum atomic E-state index is 11.2. The molecule has 0 aromatic carbocycles. The molecule has 0 aliphatic heterocycles. The summed E-state index contributed by atoms with van der Waals surface area (Å²) in [6.45, 7) is 3.74. The molecule has 0 atom stereocenters. The minimum absolute atomic E-state index is 0.145. The number of hydrogen-bond acceptors (Lipinski definition) is 4. The second-order valence-corrected chi connectivity index (χ2v) is 4.16. The summed E-state index contributed by atoms with van der Waals surface area (Å²) in [5.41, 5.74) is 0. The van der Waals surface area contributed by atoms with Crippen LogP contribution in [0.3, 0.4) is 0 Å². The van der Waals surface area contributed by atoms with Crippen LogP contribution in [0.15, 0.2) is 0 Å². The second kappa shape index (κ2) is 9.73. The first kappa shape index (κ1) is 15.5. The van der Waals surface area contributed by atoms with E-state index in [1.807, 2.05) is 0 Å². The van der Waals surface area contributed by atoms with Crippen LogP contribution in [0.4, 0.5) is 0 Å². The van der Waals surface area contributed by atoms with E-state index in [-0.39, 0.29) is 23.4 Å². The van der Waals surface area contributed by atoms with Crippen molar-refractivity contribution in [3.05, 3.63) is 0 Å². The smallest absolute Gasteiger partial charge is 0.262 e. The molecule has 0 heterocycles. The Balaban J connectivity index is 3.47. The molecule has 0 radical (unpaired) electrons. The highest BCUT2D eigenvalue weighted by atomic mass is 32.2. The van der Waals surface area contributed by atoms with Crippen molar-refractivity contribution in [1.82, 2.24) is 10.6 Å². The lowest BCUT2D eigenvalue weighted by Gasteiger charge is -2.04. The average molecular weight is 256 g/mol. The summed E-state index contributed by atoms with van der Waals surface area (Å²) >= 11 is 1.07. The lowest BCUT2D eigenvalue weighted by molar-refractivity contribution is -0.121. The average Bonchev–Trinajstić information content (AvgIpc) is 2.24. The van der Waals surface area contributed by atoms with Crippen LogP contribution in [0.5, 0.6) is 0 Å². The predicted octanol–water partition coefficient (Wildman–Crippen LogP) is -0.0881. The van der Waals surface area contributed by atoms with Crippen LogP contribution in [-0.4, -0.2) is 35.8 Å². The summed E-state index contributed by atoms with van der Waals surface area (Å²) in [5.74, 6) is 5.10. The van der Waals surface area contributed by atoms with Gasteiger partial charge in [0, 0.05) is 32.2 Å². The maximum absolute atomic E-state index is 11.2. The molecule has 94 valence electrons. The van der Waals surface area contributed by atoms with Crippen molar-refractivity contribution in [3.8, 4) is 11.8 Å². The Hall–Kier alpha value is -1.48. The summed E-state index contributed by atoms with van der Waals surface area (Å²) in [5, 5.41) is 4.97. The van der Waals surface area contributed by atoms with Crippen LogP contribution in [0.2, 0.25) is 0 Å².